The summed E-state index contributed by atoms with van der Waals surface area (Å²) in [6, 6.07) is 0. The van der Waals surface area contributed by atoms with Crippen LogP contribution in [0.25, 0.3) is 0 Å². The smallest absolute Gasteiger partial charge is 0.238 e. The van der Waals surface area contributed by atoms with Gasteiger partial charge in [0.05, 0.1) is 9.52 Å². The van der Waals surface area contributed by atoms with Crippen molar-refractivity contribution in [3.63, 3.8) is 0 Å². The van der Waals surface area contributed by atoms with Gasteiger partial charge in [0.1, 0.15) is 6.26 Å². The van der Waals surface area contributed by atoms with Crippen molar-refractivity contribution < 1.29 is 14.0 Å². The van der Waals surface area contributed by atoms with Gasteiger partial charge in [-0.2, -0.15) is 0 Å². The Hall–Kier alpha value is -0.443. The Kier molecular flexibility index (Phi) is 6.03. The van der Waals surface area contributed by atoms with E-state index in [1.807, 2.05) is 19.5 Å². The number of hydrogen-bond donors (Lipinski definition) is 1. The van der Waals surface area contributed by atoms with Crippen LogP contribution >= 0.6 is 8.25 Å². The van der Waals surface area contributed by atoms with E-state index in [-0.39, 0.29) is 9.52 Å². The molecule has 0 saturated carbocycles. The van der Waals surface area contributed by atoms with E-state index in [4.69, 9.17) is 4.89 Å². The van der Waals surface area contributed by atoms with Gasteiger partial charge in [0.25, 0.3) is 0 Å². The van der Waals surface area contributed by atoms with E-state index in [2.05, 4.69) is 10.2 Å². The van der Waals surface area contributed by atoms with Gasteiger partial charge in [0, 0.05) is 4.57 Å². The normalized spacial score (nSPS) is 12.5. The summed E-state index contributed by atoms with van der Waals surface area (Å²) >= 11 is 0. The van der Waals surface area contributed by atoms with E-state index in [1.165, 1.54) is 11.8 Å². The van der Waals surface area contributed by atoms with E-state index in [0.29, 0.717) is 0 Å². The molecule has 5 heteroatoms. The van der Waals surface area contributed by atoms with E-state index in [9.17, 15) is 4.57 Å². The molecule has 11 heavy (non-hydrogen) atoms. The van der Waals surface area contributed by atoms with Gasteiger partial charge in [-0.1, -0.05) is 17.0 Å². The molecule has 0 aliphatic heterocycles. The second-order valence-corrected chi connectivity index (χ2v) is 4.27. The summed E-state index contributed by atoms with van der Waals surface area (Å²) in [5.74, 6) is 0. The predicted octanol–water partition coefficient (Wildman–Crippen LogP) is 1.22. The zero-order valence-electron chi connectivity index (χ0n) is 6.65. The Bertz CT molecular complexity index is 184. The van der Waals surface area contributed by atoms with Gasteiger partial charge in [-0.05, 0) is 13.8 Å². The fourth-order valence-electron chi connectivity index (χ4n) is 0.454. The Labute approximate surface area is 69.5 Å². The first kappa shape index (κ1) is 10.6. The van der Waals surface area contributed by atoms with Crippen LogP contribution in [0.4, 0.5) is 0 Å². The van der Waals surface area contributed by atoms with Crippen LogP contribution < -0.4 is 0 Å². The largest absolute Gasteiger partial charge is 0.746 e. The second kappa shape index (κ2) is 6.28. The highest BCUT2D eigenvalue weighted by Crippen LogP contribution is 2.13. The molecule has 0 spiro atoms. The molecule has 0 saturated heterocycles. The van der Waals surface area contributed by atoms with E-state index >= 15 is 0 Å². The third-order valence-electron chi connectivity index (χ3n) is 0.909. The quantitative estimate of drug-likeness (QED) is 0.413. The monoisotopic (exact) mass is 191 g/mol. The zero-order valence-corrected chi connectivity index (χ0v) is 8.96. The third-order valence-corrected chi connectivity index (χ3v) is 2.73. The average Bonchev–Trinajstić information content (AvgIpc) is 1.85. The van der Waals surface area contributed by atoms with Gasteiger partial charge in [-0.3, -0.25) is 0 Å². The number of rotatable bonds is 4. The maximum Gasteiger partial charge on any atom is 0.746 e. The number of allylic oxidation sites excluding steroid dienone is 1. The molecule has 0 aliphatic rings. The van der Waals surface area contributed by atoms with Gasteiger partial charge in [0.2, 0.25) is 0 Å². The molecule has 0 radical (unpaired) electrons. The summed E-state index contributed by atoms with van der Waals surface area (Å²) in [6.07, 6.45) is 1.30. The molecule has 1 N–H and O–H groups in total. The lowest BCUT2D eigenvalue weighted by atomic mass is 10.4. The standard InChI is InChI=1S/C6H11O3PSi/c1-6(2)5-11-4-3-9-10(7)8/h3-5H,11H2,1-2H3/p+1. The second-order valence-electron chi connectivity index (χ2n) is 2.23. The van der Waals surface area contributed by atoms with Crippen molar-refractivity contribution in [2.75, 3.05) is 0 Å². The molecule has 1 atom stereocenters. The lowest BCUT2D eigenvalue weighted by Crippen LogP contribution is -1.78. The SMILES string of the molecule is CC(C)=C[SiH2]C=CO[P+](=O)O. The molecule has 0 rings (SSSR count). The van der Waals surface area contributed by atoms with Crippen molar-refractivity contribution in [3.8, 4) is 0 Å². The summed E-state index contributed by atoms with van der Waals surface area (Å²) in [5, 5.41) is 0. The molecular weight excluding hydrogens is 179 g/mol. The molecule has 0 aromatic heterocycles. The molecule has 0 aliphatic carbocycles. The van der Waals surface area contributed by atoms with Crippen LogP contribution in [0.5, 0.6) is 0 Å². The fraction of sp³-hybridized carbons (Fsp3) is 0.333. The Morgan fingerprint density at radius 1 is 1.64 bits per heavy atom. The minimum Gasteiger partial charge on any atom is -0.238 e. The van der Waals surface area contributed by atoms with Crippen LogP contribution in [0, 0.1) is 0 Å². The molecule has 0 heterocycles. The highest BCUT2D eigenvalue weighted by molar-refractivity contribution is 7.32. The maximum atomic E-state index is 9.97. The summed E-state index contributed by atoms with van der Waals surface area (Å²) in [4.78, 5) is 8.20. The summed E-state index contributed by atoms with van der Waals surface area (Å²) < 4.78 is 14.3. The van der Waals surface area contributed by atoms with Gasteiger partial charge in [0.15, 0.2) is 0 Å². The maximum absolute atomic E-state index is 9.97. The average molecular weight is 191 g/mol. The molecule has 0 amide bonds. The first-order valence-corrected chi connectivity index (χ1v) is 6.00. The lowest BCUT2D eigenvalue weighted by Gasteiger charge is -1.82. The fourth-order valence-corrected chi connectivity index (χ4v) is 1.62. The van der Waals surface area contributed by atoms with Crippen LogP contribution in [-0.4, -0.2) is 14.4 Å². The highest BCUT2D eigenvalue weighted by Gasteiger charge is 2.06. The van der Waals surface area contributed by atoms with Gasteiger partial charge >= 0.3 is 8.25 Å². The summed E-state index contributed by atoms with van der Waals surface area (Å²) in [7, 11) is -2.85. The van der Waals surface area contributed by atoms with Gasteiger partial charge in [-0.15, -0.1) is 4.89 Å². The van der Waals surface area contributed by atoms with Crippen molar-refractivity contribution in [1.29, 1.82) is 0 Å². The third kappa shape index (κ3) is 9.56. The molecule has 0 bridgehead atoms. The van der Waals surface area contributed by atoms with Crippen LogP contribution in [0.3, 0.4) is 0 Å². The summed E-state index contributed by atoms with van der Waals surface area (Å²) in [6.45, 7) is 4.04. The summed E-state index contributed by atoms with van der Waals surface area (Å²) in [5.41, 5.74) is 5.22. The van der Waals surface area contributed by atoms with Crippen molar-refractivity contribution in [2.24, 2.45) is 0 Å². The molecule has 1 unspecified atom stereocenters. The van der Waals surface area contributed by atoms with E-state index in [1.54, 1.807) is 0 Å². The molecule has 0 aromatic rings. The lowest BCUT2D eigenvalue weighted by molar-refractivity contribution is 0.378. The van der Waals surface area contributed by atoms with Crippen molar-refractivity contribution in [3.05, 3.63) is 23.2 Å². The first-order valence-electron chi connectivity index (χ1n) is 3.24. The van der Waals surface area contributed by atoms with Gasteiger partial charge < -0.3 is 0 Å². The predicted molar refractivity (Wildman–Crippen MR) is 48.0 cm³/mol. The molecular formula is C6H12O3PSi+. The minimum absolute atomic E-state index is 0.386. The van der Waals surface area contributed by atoms with Crippen molar-refractivity contribution in [2.45, 2.75) is 13.8 Å². The van der Waals surface area contributed by atoms with Crippen molar-refractivity contribution in [1.82, 2.24) is 0 Å². The van der Waals surface area contributed by atoms with Crippen LogP contribution in [0.2, 0.25) is 0 Å². The molecule has 3 nitrogen and oxygen atoms in total. The Balaban J connectivity index is 3.46. The van der Waals surface area contributed by atoms with Crippen LogP contribution in [0.1, 0.15) is 13.8 Å². The molecule has 0 aromatic carbocycles. The molecule has 62 valence electrons. The van der Waals surface area contributed by atoms with Gasteiger partial charge in [-0.25, -0.2) is 4.52 Å². The topological polar surface area (TPSA) is 46.5 Å². The van der Waals surface area contributed by atoms with Crippen LogP contribution in [0.15, 0.2) is 23.2 Å². The van der Waals surface area contributed by atoms with Crippen LogP contribution in [-0.2, 0) is 9.09 Å². The first-order chi connectivity index (χ1) is 5.13. The van der Waals surface area contributed by atoms with Crippen molar-refractivity contribution >= 4 is 17.8 Å². The van der Waals surface area contributed by atoms with E-state index < -0.39 is 8.25 Å². The highest BCUT2D eigenvalue weighted by atomic mass is 31.1. The van der Waals surface area contributed by atoms with E-state index in [0.717, 1.165) is 0 Å². The Morgan fingerprint density at radius 2 is 2.27 bits per heavy atom. The minimum atomic E-state index is -2.47. The zero-order chi connectivity index (χ0) is 8.69. The molecule has 0 fully saturated rings. The number of hydrogen-bond acceptors (Lipinski definition) is 2. The Morgan fingerprint density at radius 3 is 2.73 bits per heavy atom.